The standard InChI is InChI=1S/C23H18ClN5OS/c24-17-12-7-13-18(14-17)25-22(30)20-19(15-8-3-1-4-9-15)28-29-21(26-27-23(29)31-20)16-10-5-2-6-11-16/h1-14,19-20,28H,(H,25,30)/t19-,20-/m0/s1. The summed E-state index contributed by atoms with van der Waals surface area (Å²) in [6.07, 6.45) is 0. The smallest absolute Gasteiger partial charge is 0.240 e. The van der Waals surface area contributed by atoms with Gasteiger partial charge >= 0.3 is 0 Å². The number of nitrogens with zero attached hydrogens (tertiary/aromatic N) is 3. The van der Waals surface area contributed by atoms with E-state index in [4.69, 9.17) is 11.6 Å². The number of benzene rings is 3. The van der Waals surface area contributed by atoms with Gasteiger partial charge in [-0.3, -0.25) is 4.79 Å². The van der Waals surface area contributed by atoms with Gasteiger partial charge in [0.2, 0.25) is 11.1 Å². The van der Waals surface area contributed by atoms with Crippen LogP contribution in [0, 0.1) is 0 Å². The number of rotatable bonds is 4. The number of carbonyl (C=O) groups excluding carboxylic acids is 1. The molecular formula is C23H18ClN5OS. The molecule has 2 heterocycles. The van der Waals surface area contributed by atoms with Crippen LogP contribution in [-0.4, -0.2) is 26.0 Å². The summed E-state index contributed by atoms with van der Waals surface area (Å²) in [5, 5.41) is 12.4. The van der Waals surface area contributed by atoms with Crippen molar-refractivity contribution in [3.05, 3.63) is 95.5 Å². The Bertz CT molecular complexity index is 1220. The van der Waals surface area contributed by atoms with E-state index in [1.165, 1.54) is 11.8 Å². The molecule has 0 radical (unpaired) electrons. The fourth-order valence-electron chi connectivity index (χ4n) is 3.52. The Hall–Kier alpha value is -3.29. The van der Waals surface area contributed by atoms with Crippen molar-refractivity contribution in [1.29, 1.82) is 0 Å². The summed E-state index contributed by atoms with van der Waals surface area (Å²) in [6.45, 7) is 0. The Labute approximate surface area is 188 Å². The van der Waals surface area contributed by atoms with E-state index < -0.39 is 5.25 Å². The SMILES string of the molecule is O=C(Nc1cccc(Cl)c1)[C@H]1Sc2nnc(-c3ccccc3)n2N[C@H]1c1ccccc1. The summed E-state index contributed by atoms with van der Waals surface area (Å²) < 4.78 is 1.86. The van der Waals surface area contributed by atoms with Gasteiger partial charge in [0.25, 0.3) is 0 Å². The van der Waals surface area contributed by atoms with Gasteiger partial charge in [-0.15, -0.1) is 10.2 Å². The minimum atomic E-state index is -0.457. The zero-order valence-corrected chi connectivity index (χ0v) is 17.8. The highest BCUT2D eigenvalue weighted by atomic mass is 35.5. The van der Waals surface area contributed by atoms with E-state index >= 15 is 0 Å². The lowest BCUT2D eigenvalue weighted by molar-refractivity contribution is -0.116. The molecule has 0 spiro atoms. The maximum Gasteiger partial charge on any atom is 0.240 e. The third-order valence-corrected chi connectivity index (χ3v) is 6.43. The molecule has 6 nitrogen and oxygen atoms in total. The first-order valence-electron chi connectivity index (χ1n) is 9.74. The highest BCUT2D eigenvalue weighted by molar-refractivity contribution is 8.00. The molecular weight excluding hydrogens is 430 g/mol. The molecule has 1 aliphatic heterocycles. The predicted molar refractivity (Wildman–Crippen MR) is 124 cm³/mol. The number of fused-ring (bicyclic) bond motifs is 1. The maximum absolute atomic E-state index is 13.3. The first-order chi connectivity index (χ1) is 15.2. The topological polar surface area (TPSA) is 71.8 Å². The third-order valence-electron chi connectivity index (χ3n) is 4.98. The van der Waals surface area contributed by atoms with Crippen LogP contribution in [0.3, 0.4) is 0 Å². The molecule has 1 aliphatic rings. The van der Waals surface area contributed by atoms with Gasteiger partial charge in [-0.1, -0.05) is 90.1 Å². The van der Waals surface area contributed by atoms with Crippen molar-refractivity contribution in [2.45, 2.75) is 16.4 Å². The number of amides is 1. The van der Waals surface area contributed by atoms with Gasteiger partial charge in [-0.05, 0) is 23.8 Å². The Morgan fingerprint density at radius 3 is 2.45 bits per heavy atom. The minimum Gasteiger partial charge on any atom is -0.325 e. The Morgan fingerprint density at radius 2 is 1.71 bits per heavy atom. The summed E-state index contributed by atoms with van der Waals surface area (Å²) in [4.78, 5) is 13.3. The maximum atomic E-state index is 13.3. The van der Waals surface area contributed by atoms with Crippen molar-refractivity contribution in [2.75, 3.05) is 10.7 Å². The molecule has 4 aromatic rings. The highest BCUT2D eigenvalue weighted by Crippen LogP contribution is 2.39. The summed E-state index contributed by atoms with van der Waals surface area (Å²) in [5.41, 5.74) is 6.07. The molecule has 0 unspecified atom stereocenters. The van der Waals surface area contributed by atoms with Crippen LogP contribution in [-0.2, 0) is 4.79 Å². The second-order valence-corrected chi connectivity index (χ2v) is 8.61. The number of carbonyl (C=O) groups is 1. The number of hydrogen-bond donors (Lipinski definition) is 2. The number of thioether (sulfide) groups is 1. The molecule has 0 saturated heterocycles. The van der Waals surface area contributed by atoms with E-state index in [0.717, 1.165) is 11.1 Å². The van der Waals surface area contributed by atoms with Gasteiger partial charge in [-0.25, -0.2) is 4.68 Å². The van der Waals surface area contributed by atoms with E-state index in [1.807, 2.05) is 77.5 Å². The van der Waals surface area contributed by atoms with Crippen LogP contribution in [0.15, 0.2) is 90.1 Å². The molecule has 0 bridgehead atoms. The van der Waals surface area contributed by atoms with Crippen LogP contribution < -0.4 is 10.7 Å². The van der Waals surface area contributed by atoms with Gasteiger partial charge in [-0.2, -0.15) is 0 Å². The monoisotopic (exact) mass is 447 g/mol. The van der Waals surface area contributed by atoms with Crippen molar-refractivity contribution < 1.29 is 4.79 Å². The third kappa shape index (κ3) is 4.02. The number of aromatic nitrogens is 3. The number of hydrogen-bond acceptors (Lipinski definition) is 5. The number of anilines is 1. The molecule has 5 rings (SSSR count). The van der Waals surface area contributed by atoms with E-state index in [9.17, 15) is 4.79 Å². The quantitative estimate of drug-likeness (QED) is 0.460. The number of nitrogens with one attached hydrogen (secondary N) is 2. The Kier molecular flexibility index (Phi) is 5.36. The molecule has 1 aromatic heterocycles. The molecule has 8 heteroatoms. The zero-order valence-electron chi connectivity index (χ0n) is 16.3. The van der Waals surface area contributed by atoms with Crippen LogP contribution in [0.5, 0.6) is 0 Å². The van der Waals surface area contributed by atoms with E-state index in [0.29, 0.717) is 21.7 Å². The molecule has 154 valence electrons. The first kappa shape index (κ1) is 19.7. The van der Waals surface area contributed by atoms with Crippen LogP contribution >= 0.6 is 23.4 Å². The zero-order chi connectivity index (χ0) is 21.2. The fourth-order valence-corrected chi connectivity index (χ4v) is 4.79. The van der Waals surface area contributed by atoms with Gasteiger partial charge in [0.05, 0.1) is 6.04 Å². The normalized spacial score (nSPS) is 17.5. The van der Waals surface area contributed by atoms with Crippen LogP contribution in [0.2, 0.25) is 5.02 Å². The predicted octanol–water partition coefficient (Wildman–Crippen LogP) is 5.00. The largest absolute Gasteiger partial charge is 0.325 e. The van der Waals surface area contributed by atoms with Gasteiger partial charge in [0.1, 0.15) is 5.25 Å². The minimum absolute atomic E-state index is 0.135. The Balaban J connectivity index is 1.50. The Morgan fingerprint density at radius 1 is 0.968 bits per heavy atom. The van der Waals surface area contributed by atoms with Crippen LogP contribution in [0.25, 0.3) is 11.4 Å². The first-order valence-corrected chi connectivity index (χ1v) is 11.0. The van der Waals surface area contributed by atoms with Crippen LogP contribution in [0.1, 0.15) is 11.6 Å². The average molecular weight is 448 g/mol. The van der Waals surface area contributed by atoms with Crippen molar-refractivity contribution in [3.63, 3.8) is 0 Å². The molecule has 0 saturated carbocycles. The van der Waals surface area contributed by atoms with Crippen molar-refractivity contribution in [2.24, 2.45) is 0 Å². The van der Waals surface area contributed by atoms with Crippen LogP contribution in [0.4, 0.5) is 5.69 Å². The summed E-state index contributed by atoms with van der Waals surface area (Å²) in [5.74, 6) is 0.571. The molecule has 31 heavy (non-hydrogen) atoms. The van der Waals surface area contributed by atoms with Crippen molar-refractivity contribution >= 4 is 35.0 Å². The van der Waals surface area contributed by atoms with E-state index in [2.05, 4.69) is 20.9 Å². The molecule has 0 aliphatic carbocycles. The fraction of sp³-hybridized carbons (Fsp3) is 0.0870. The van der Waals surface area contributed by atoms with Gasteiger partial charge < -0.3 is 10.7 Å². The molecule has 1 amide bonds. The lowest BCUT2D eigenvalue weighted by Gasteiger charge is -2.33. The average Bonchev–Trinajstić information content (AvgIpc) is 3.22. The van der Waals surface area contributed by atoms with E-state index in [-0.39, 0.29) is 11.9 Å². The summed E-state index contributed by atoms with van der Waals surface area (Å²) >= 11 is 7.46. The highest BCUT2D eigenvalue weighted by Gasteiger charge is 2.38. The second-order valence-electron chi connectivity index (χ2n) is 7.06. The summed E-state index contributed by atoms with van der Waals surface area (Å²) in [6, 6.07) is 26.6. The molecule has 3 aromatic carbocycles. The molecule has 2 N–H and O–H groups in total. The van der Waals surface area contributed by atoms with Crippen molar-refractivity contribution in [1.82, 2.24) is 14.9 Å². The summed E-state index contributed by atoms with van der Waals surface area (Å²) in [7, 11) is 0. The van der Waals surface area contributed by atoms with Crippen molar-refractivity contribution in [3.8, 4) is 11.4 Å². The lowest BCUT2D eigenvalue weighted by atomic mass is 10.0. The van der Waals surface area contributed by atoms with E-state index in [1.54, 1.807) is 12.1 Å². The van der Waals surface area contributed by atoms with Gasteiger partial charge in [0, 0.05) is 16.3 Å². The molecule has 0 fully saturated rings. The number of halogens is 1. The molecule has 2 atom stereocenters. The lowest BCUT2D eigenvalue weighted by Crippen LogP contribution is -2.41. The van der Waals surface area contributed by atoms with Gasteiger partial charge in [0.15, 0.2) is 5.82 Å². The second kappa shape index (κ2) is 8.45.